The second-order valence-corrected chi connectivity index (χ2v) is 6.81. The van der Waals surface area contributed by atoms with Gasteiger partial charge in [0, 0.05) is 11.6 Å². The molecule has 0 saturated carbocycles. The van der Waals surface area contributed by atoms with E-state index >= 15 is 0 Å². The number of hydrogen-bond acceptors (Lipinski definition) is 4. The van der Waals surface area contributed by atoms with E-state index in [0.717, 1.165) is 26.4 Å². The van der Waals surface area contributed by atoms with Gasteiger partial charge in [-0.05, 0) is 24.6 Å². The molecule has 1 amide bonds. The first-order valence-corrected chi connectivity index (χ1v) is 8.72. The molecule has 0 aliphatic rings. The molecule has 4 rings (SSSR count). The van der Waals surface area contributed by atoms with Gasteiger partial charge in [0.25, 0.3) is 5.91 Å². The van der Waals surface area contributed by atoms with E-state index < -0.39 is 0 Å². The van der Waals surface area contributed by atoms with Crippen molar-refractivity contribution in [1.82, 2.24) is 9.97 Å². The third-order valence-electron chi connectivity index (χ3n) is 3.87. The van der Waals surface area contributed by atoms with E-state index in [-0.39, 0.29) is 5.91 Å². The van der Waals surface area contributed by atoms with Gasteiger partial charge in [0.05, 0.1) is 21.1 Å². The zero-order valence-corrected chi connectivity index (χ0v) is 14.4. The summed E-state index contributed by atoms with van der Waals surface area (Å²) in [7, 11) is 0. The number of anilines is 1. The maximum absolute atomic E-state index is 12.9. The first-order valence-electron chi connectivity index (χ1n) is 7.90. The van der Waals surface area contributed by atoms with Crippen LogP contribution in [-0.4, -0.2) is 15.9 Å². The van der Waals surface area contributed by atoms with E-state index in [4.69, 9.17) is 0 Å². The predicted molar refractivity (Wildman–Crippen MR) is 102 cm³/mol. The molecule has 0 radical (unpaired) electrons. The fourth-order valence-corrected chi connectivity index (χ4v) is 3.67. The molecule has 4 nitrogen and oxygen atoms in total. The molecule has 0 aliphatic carbocycles. The topological polar surface area (TPSA) is 54.9 Å². The molecule has 0 unspecified atom stereocenters. The minimum atomic E-state index is -0.221. The largest absolute Gasteiger partial charge is 0.319 e. The number of thiazole rings is 1. The van der Waals surface area contributed by atoms with E-state index in [9.17, 15) is 4.79 Å². The van der Waals surface area contributed by atoms with Gasteiger partial charge in [0.15, 0.2) is 0 Å². The van der Waals surface area contributed by atoms with Crippen molar-refractivity contribution in [2.45, 2.75) is 6.92 Å². The highest BCUT2D eigenvalue weighted by molar-refractivity contribution is 7.15. The lowest BCUT2D eigenvalue weighted by molar-refractivity contribution is 0.102. The summed E-state index contributed by atoms with van der Waals surface area (Å²) in [5.41, 5.74) is 2.90. The summed E-state index contributed by atoms with van der Waals surface area (Å²) >= 11 is 1.52. The Bertz CT molecular complexity index is 1050. The molecular weight excluding hydrogens is 330 g/mol. The van der Waals surface area contributed by atoms with Crippen LogP contribution < -0.4 is 5.32 Å². The Labute approximate surface area is 149 Å². The lowest BCUT2D eigenvalue weighted by Crippen LogP contribution is -2.14. The molecule has 2 aromatic heterocycles. The van der Waals surface area contributed by atoms with E-state index in [1.165, 1.54) is 11.3 Å². The predicted octanol–water partition coefficient (Wildman–Crippen LogP) is 4.92. The number of carbonyl (C=O) groups is 1. The Morgan fingerprint density at radius 3 is 2.64 bits per heavy atom. The number of nitrogens with one attached hydrogen (secondary N) is 1. The number of aryl methyl sites for hydroxylation is 1. The maximum atomic E-state index is 12.9. The van der Waals surface area contributed by atoms with Gasteiger partial charge in [-0.1, -0.05) is 48.5 Å². The summed E-state index contributed by atoms with van der Waals surface area (Å²) in [4.78, 5) is 22.6. The molecule has 4 aromatic rings. The molecule has 25 heavy (non-hydrogen) atoms. The third-order valence-corrected chi connectivity index (χ3v) is 4.89. The zero-order valence-electron chi connectivity index (χ0n) is 13.6. The number of nitrogens with zero attached hydrogens (tertiary/aromatic N) is 2. The average molecular weight is 345 g/mol. The Morgan fingerprint density at radius 2 is 1.80 bits per heavy atom. The summed E-state index contributed by atoms with van der Waals surface area (Å²) in [6, 6.07) is 19.4. The first-order chi connectivity index (χ1) is 12.2. The maximum Gasteiger partial charge on any atom is 0.275 e. The van der Waals surface area contributed by atoms with Gasteiger partial charge in [-0.15, -0.1) is 11.3 Å². The SMILES string of the molecule is Cc1nc(C(=O)Nc2cccc3cccnc23)c(-c2ccccc2)s1. The van der Waals surface area contributed by atoms with Gasteiger partial charge in [-0.2, -0.15) is 0 Å². The first kappa shape index (κ1) is 15.5. The molecule has 2 aromatic carbocycles. The number of para-hydroxylation sites is 1. The van der Waals surface area contributed by atoms with Crippen molar-refractivity contribution < 1.29 is 4.79 Å². The van der Waals surface area contributed by atoms with Crippen LogP contribution in [0.15, 0.2) is 66.9 Å². The van der Waals surface area contributed by atoms with Crippen LogP contribution >= 0.6 is 11.3 Å². The van der Waals surface area contributed by atoms with Crippen molar-refractivity contribution in [3.05, 3.63) is 77.6 Å². The van der Waals surface area contributed by atoms with Gasteiger partial charge in [-0.25, -0.2) is 4.98 Å². The van der Waals surface area contributed by atoms with Gasteiger partial charge in [-0.3, -0.25) is 9.78 Å². The van der Waals surface area contributed by atoms with Gasteiger partial charge < -0.3 is 5.32 Å². The zero-order chi connectivity index (χ0) is 17.2. The molecule has 0 spiro atoms. The standard InChI is InChI=1S/C20H15N3OS/c1-13-22-18(19(25-13)15-7-3-2-4-8-15)20(24)23-16-11-5-9-14-10-6-12-21-17(14)16/h2-12H,1H3,(H,23,24). The Balaban J connectivity index is 1.73. The van der Waals surface area contributed by atoms with Crippen molar-refractivity contribution >= 4 is 33.8 Å². The van der Waals surface area contributed by atoms with Gasteiger partial charge in [0.1, 0.15) is 5.69 Å². The van der Waals surface area contributed by atoms with E-state index in [1.54, 1.807) is 6.20 Å². The van der Waals surface area contributed by atoms with Crippen LogP contribution in [-0.2, 0) is 0 Å². The summed E-state index contributed by atoms with van der Waals surface area (Å²) in [6.45, 7) is 1.91. The van der Waals surface area contributed by atoms with Crippen molar-refractivity contribution in [3.63, 3.8) is 0 Å². The molecule has 0 aliphatic heterocycles. The van der Waals surface area contributed by atoms with Crippen LogP contribution in [0.3, 0.4) is 0 Å². The lowest BCUT2D eigenvalue weighted by atomic mass is 10.1. The summed E-state index contributed by atoms with van der Waals surface area (Å²) in [5, 5.41) is 4.81. The summed E-state index contributed by atoms with van der Waals surface area (Å²) < 4.78 is 0. The number of pyridine rings is 1. The Morgan fingerprint density at radius 1 is 1.00 bits per heavy atom. The fourth-order valence-electron chi connectivity index (χ4n) is 2.75. The van der Waals surface area contributed by atoms with Crippen LogP contribution in [0.25, 0.3) is 21.3 Å². The van der Waals surface area contributed by atoms with E-state index in [0.29, 0.717) is 11.4 Å². The lowest BCUT2D eigenvalue weighted by Gasteiger charge is -2.08. The number of benzene rings is 2. The molecule has 5 heteroatoms. The second kappa shape index (κ2) is 6.45. The molecule has 1 N–H and O–H groups in total. The van der Waals surface area contributed by atoms with Crippen LogP contribution in [0.5, 0.6) is 0 Å². The van der Waals surface area contributed by atoms with Crippen LogP contribution in [0, 0.1) is 6.92 Å². The van der Waals surface area contributed by atoms with Crippen LogP contribution in [0.1, 0.15) is 15.5 Å². The highest BCUT2D eigenvalue weighted by Gasteiger charge is 2.19. The van der Waals surface area contributed by atoms with Crippen LogP contribution in [0.4, 0.5) is 5.69 Å². The molecule has 0 atom stereocenters. The number of aromatic nitrogens is 2. The Kier molecular flexibility index (Phi) is 3.99. The third kappa shape index (κ3) is 3.02. The van der Waals surface area contributed by atoms with Gasteiger partial charge >= 0.3 is 0 Å². The second-order valence-electron chi connectivity index (χ2n) is 5.61. The number of fused-ring (bicyclic) bond motifs is 1. The molecular formula is C20H15N3OS. The normalized spacial score (nSPS) is 10.8. The fraction of sp³-hybridized carbons (Fsp3) is 0.0500. The van der Waals surface area contributed by atoms with Crippen molar-refractivity contribution in [3.8, 4) is 10.4 Å². The number of amides is 1. The number of carbonyl (C=O) groups excluding carboxylic acids is 1. The molecule has 122 valence electrons. The van der Waals surface area contributed by atoms with Crippen molar-refractivity contribution in [2.24, 2.45) is 0 Å². The number of hydrogen-bond donors (Lipinski definition) is 1. The molecule has 0 bridgehead atoms. The minimum Gasteiger partial charge on any atom is -0.319 e. The minimum absolute atomic E-state index is 0.221. The average Bonchev–Trinajstić information content (AvgIpc) is 3.05. The highest BCUT2D eigenvalue weighted by atomic mass is 32.1. The highest BCUT2D eigenvalue weighted by Crippen LogP contribution is 2.31. The quantitative estimate of drug-likeness (QED) is 0.573. The summed E-state index contributed by atoms with van der Waals surface area (Å²) in [5.74, 6) is -0.221. The molecule has 2 heterocycles. The summed E-state index contributed by atoms with van der Waals surface area (Å²) in [6.07, 6.45) is 1.72. The van der Waals surface area contributed by atoms with Crippen molar-refractivity contribution in [1.29, 1.82) is 0 Å². The van der Waals surface area contributed by atoms with Crippen molar-refractivity contribution in [2.75, 3.05) is 5.32 Å². The Hall–Kier alpha value is -3.05. The molecule has 0 fully saturated rings. The van der Waals surface area contributed by atoms with Crippen LogP contribution in [0.2, 0.25) is 0 Å². The number of rotatable bonds is 3. The van der Waals surface area contributed by atoms with E-state index in [1.807, 2.05) is 67.6 Å². The smallest absolute Gasteiger partial charge is 0.275 e. The van der Waals surface area contributed by atoms with E-state index in [2.05, 4.69) is 15.3 Å². The van der Waals surface area contributed by atoms with Gasteiger partial charge in [0.2, 0.25) is 0 Å². The monoisotopic (exact) mass is 345 g/mol. The molecule has 0 saturated heterocycles.